The molecule has 1 saturated heterocycles. The fourth-order valence-corrected chi connectivity index (χ4v) is 2.32. The van der Waals surface area contributed by atoms with Crippen molar-refractivity contribution in [2.75, 3.05) is 45.8 Å². The largest absolute Gasteiger partial charge is 0.369 e. The molecule has 1 rings (SSSR count). The van der Waals surface area contributed by atoms with Crippen LogP contribution in [0.3, 0.4) is 0 Å². The number of nitrogens with zero attached hydrogens (tertiary/aromatic N) is 2. The van der Waals surface area contributed by atoms with Crippen molar-refractivity contribution in [2.24, 2.45) is 11.7 Å². The van der Waals surface area contributed by atoms with Crippen LogP contribution in [0.2, 0.25) is 0 Å². The summed E-state index contributed by atoms with van der Waals surface area (Å²) in [6.45, 7) is 11.3. The Bertz CT molecular complexity index is 328. The number of carbonyl (C=O) groups is 2. The predicted octanol–water partition coefficient (Wildman–Crippen LogP) is -0.154. The monoisotopic (exact) mass is 297 g/mol. The van der Waals surface area contributed by atoms with E-state index in [0.717, 1.165) is 45.7 Å². The highest BCUT2D eigenvalue weighted by Gasteiger charge is 2.15. The second kappa shape index (κ2) is 9.73. The first-order valence-corrected chi connectivity index (χ1v) is 7.88. The van der Waals surface area contributed by atoms with Crippen molar-refractivity contribution in [1.82, 2.24) is 15.1 Å². The highest BCUT2D eigenvalue weighted by molar-refractivity contribution is 5.85. The molecule has 0 aromatic carbocycles. The molecule has 0 saturated carbocycles. The van der Waals surface area contributed by atoms with Gasteiger partial charge in [-0.15, -0.1) is 0 Å². The highest BCUT2D eigenvalue weighted by Crippen LogP contribution is 2.03. The normalized spacial score (nSPS) is 18.4. The van der Waals surface area contributed by atoms with Crippen LogP contribution in [0.5, 0.6) is 0 Å². The fraction of sp³-hybridized carbons (Fsp3) is 0.800. The van der Waals surface area contributed by atoms with E-state index in [-0.39, 0.29) is 17.7 Å². The minimum absolute atomic E-state index is 0.112. The summed E-state index contributed by atoms with van der Waals surface area (Å²) in [6, 6.07) is 0. The molecule has 6 heteroatoms. The van der Waals surface area contributed by atoms with Crippen LogP contribution in [0.1, 0.15) is 26.7 Å². The van der Waals surface area contributed by atoms with Gasteiger partial charge in [-0.3, -0.25) is 9.59 Å². The number of piperazine rings is 1. The lowest BCUT2D eigenvalue weighted by atomic mass is 10.1. The molecule has 3 N–H and O–H groups in total. The number of hydrogen-bond donors (Lipinski definition) is 2. The second-order valence-electron chi connectivity index (χ2n) is 5.66. The number of nitrogens with two attached hydrogens (primary N) is 1. The molecule has 2 amide bonds. The molecule has 1 aliphatic rings. The summed E-state index contributed by atoms with van der Waals surface area (Å²) < 4.78 is 0. The highest BCUT2D eigenvalue weighted by atomic mass is 16.2. The van der Waals surface area contributed by atoms with Gasteiger partial charge in [0.15, 0.2) is 0 Å². The van der Waals surface area contributed by atoms with Crippen molar-refractivity contribution in [1.29, 1.82) is 0 Å². The second-order valence-corrected chi connectivity index (χ2v) is 5.66. The molecule has 0 aromatic rings. The van der Waals surface area contributed by atoms with E-state index < -0.39 is 0 Å². The molecule has 0 aromatic heterocycles. The van der Waals surface area contributed by atoms with Crippen molar-refractivity contribution in [2.45, 2.75) is 26.7 Å². The van der Waals surface area contributed by atoms with Gasteiger partial charge in [-0.2, -0.15) is 0 Å². The van der Waals surface area contributed by atoms with Gasteiger partial charge in [-0.1, -0.05) is 13.8 Å². The van der Waals surface area contributed by atoms with Gasteiger partial charge in [0.1, 0.15) is 0 Å². The van der Waals surface area contributed by atoms with Crippen LogP contribution >= 0.6 is 0 Å². The van der Waals surface area contributed by atoms with Crippen LogP contribution in [-0.2, 0) is 9.59 Å². The number of nitrogens with one attached hydrogen (secondary N) is 1. The Labute approximate surface area is 128 Å². The molecule has 1 radical (unpaired) electrons. The van der Waals surface area contributed by atoms with E-state index in [1.807, 2.05) is 0 Å². The van der Waals surface area contributed by atoms with E-state index in [2.05, 4.69) is 22.0 Å². The van der Waals surface area contributed by atoms with Gasteiger partial charge < -0.3 is 20.9 Å². The lowest BCUT2D eigenvalue weighted by molar-refractivity contribution is -0.121. The van der Waals surface area contributed by atoms with Gasteiger partial charge in [0, 0.05) is 38.6 Å². The van der Waals surface area contributed by atoms with E-state index in [9.17, 15) is 9.59 Å². The molecule has 1 fully saturated rings. The van der Waals surface area contributed by atoms with E-state index in [1.165, 1.54) is 6.42 Å². The van der Waals surface area contributed by atoms with E-state index >= 15 is 0 Å². The lowest BCUT2D eigenvalue weighted by Crippen LogP contribution is -2.46. The minimum Gasteiger partial charge on any atom is -0.369 e. The smallest absolute Gasteiger partial charge is 0.223 e. The Balaban J connectivity index is 2.01. The van der Waals surface area contributed by atoms with Gasteiger partial charge in [0.05, 0.1) is 6.42 Å². The van der Waals surface area contributed by atoms with Gasteiger partial charge in [-0.05, 0) is 25.9 Å². The third kappa shape index (κ3) is 7.43. The molecule has 1 heterocycles. The average Bonchev–Trinajstić information content (AvgIpc) is 2.49. The number of rotatable bonds is 9. The molecule has 121 valence electrons. The topological polar surface area (TPSA) is 78.7 Å². The third-order valence-corrected chi connectivity index (χ3v) is 4.00. The molecular formula is C15H29N4O2. The first-order chi connectivity index (χ1) is 10.0. The predicted molar refractivity (Wildman–Crippen MR) is 83.5 cm³/mol. The summed E-state index contributed by atoms with van der Waals surface area (Å²) in [6.07, 6.45) is 2.87. The third-order valence-electron chi connectivity index (χ3n) is 4.00. The van der Waals surface area contributed by atoms with Crippen LogP contribution in [-0.4, -0.2) is 67.4 Å². The van der Waals surface area contributed by atoms with Crippen molar-refractivity contribution in [3.05, 3.63) is 6.42 Å². The van der Waals surface area contributed by atoms with Crippen molar-refractivity contribution in [3.8, 4) is 0 Å². The fourth-order valence-electron chi connectivity index (χ4n) is 2.32. The van der Waals surface area contributed by atoms with Crippen molar-refractivity contribution < 1.29 is 9.59 Å². The summed E-state index contributed by atoms with van der Waals surface area (Å²) >= 11 is 0. The molecule has 6 nitrogen and oxygen atoms in total. The summed E-state index contributed by atoms with van der Waals surface area (Å²) in [4.78, 5) is 27.3. The lowest BCUT2D eigenvalue weighted by Gasteiger charge is -2.33. The number of likely N-dealkylation sites (N-methyl/N-ethyl adjacent to an activating group) is 1. The van der Waals surface area contributed by atoms with Gasteiger partial charge >= 0.3 is 0 Å². The Morgan fingerprint density at radius 2 is 1.86 bits per heavy atom. The first kappa shape index (κ1) is 17.9. The maximum atomic E-state index is 11.6. The maximum absolute atomic E-state index is 11.6. The Morgan fingerprint density at radius 1 is 1.24 bits per heavy atom. The number of hydrogen-bond acceptors (Lipinski definition) is 4. The van der Waals surface area contributed by atoms with Crippen LogP contribution in [0.4, 0.5) is 0 Å². The van der Waals surface area contributed by atoms with Gasteiger partial charge in [0.25, 0.3) is 0 Å². The Kier molecular flexibility index (Phi) is 8.30. The molecule has 0 unspecified atom stereocenters. The molecule has 0 bridgehead atoms. The molecule has 0 spiro atoms. The summed E-state index contributed by atoms with van der Waals surface area (Å²) in [5.74, 6) is -0.769. The minimum atomic E-state index is -0.370. The SMILES string of the molecule is CCN1CCN(CCCNC(=O)[CH]C[C@H](C)C(N)=O)CC1. The summed E-state index contributed by atoms with van der Waals surface area (Å²) in [7, 11) is 0. The summed E-state index contributed by atoms with van der Waals surface area (Å²) in [5, 5.41) is 2.85. The molecule has 0 aliphatic carbocycles. The van der Waals surface area contributed by atoms with Crippen LogP contribution < -0.4 is 11.1 Å². The maximum Gasteiger partial charge on any atom is 0.223 e. The number of amides is 2. The van der Waals surface area contributed by atoms with Gasteiger partial charge in [0.2, 0.25) is 11.8 Å². The average molecular weight is 297 g/mol. The molecule has 1 atom stereocenters. The molecule has 21 heavy (non-hydrogen) atoms. The molecular weight excluding hydrogens is 268 g/mol. The van der Waals surface area contributed by atoms with E-state index in [1.54, 1.807) is 6.92 Å². The van der Waals surface area contributed by atoms with Crippen LogP contribution in [0.15, 0.2) is 0 Å². The zero-order valence-corrected chi connectivity index (χ0v) is 13.3. The Hall–Kier alpha value is -1.14. The van der Waals surface area contributed by atoms with Crippen molar-refractivity contribution in [3.63, 3.8) is 0 Å². The van der Waals surface area contributed by atoms with Crippen LogP contribution in [0.25, 0.3) is 0 Å². The van der Waals surface area contributed by atoms with E-state index in [4.69, 9.17) is 5.73 Å². The Morgan fingerprint density at radius 3 is 2.43 bits per heavy atom. The van der Waals surface area contributed by atoms with Crippen LogP contribution in [0, 0.1) is 12.3 Å². The number of carbonyl (C=O) groups excluding carboxylic acids is 2. The first-order valence-electron chi connectivity index (χ1n) is 7.88. The van der Waals surface area contributed by atoms with Gasteiger partial charge in [-0.25, -0.2) is 0 Å². The zero-order valence-electron chi connectivity index (χ0n) is 13.3. The number of primary amides is 1. The van der Waals surface area contributed by atoms with Crippen molar-refractivity contribution >= 4 is 11.8 Å². The summed E-state index contributed by atoms with van der Waals surface area (Å²) in [5.41, 5.74) is 5.15. The quantitative estimate of drug-likeness (QED) is 0.580. The molecule has 1 aliphatic heterocycles. The van der Waals surface area contributed by atoms with E-state index in [0.29, 0.717) is 13.0 Å². The standard InChI is InChI=1S/C15H29N4O2/c1-3-18-9-11-19(12-10-18)8-4-7-17-14(20)6-5-13(2)15(16)21/h6,13H,3-5,7-12H2,1-2H3,(H2,16,21)(H,17,20)/t13-/m0/s1. The zero-order chi connectivity index (χ0) is 15.7.